The molecule has 0 N–H and O–H groups in total. The topological polar surface area (TPSA) is 32.0 Å². The number of fused-ring (bicyclic) bond motifs is 7. The monoisotopic (exact) mass is 747 g/mol. The van der Waals surface area contributed by atoms with Gasteiger partial charge in [0, 0.05) is 44.4 Å². The van der Waals surface area contributed by atoms with E-state index in [1.165, 1.54) is 60.5 Å². The van der Waals surface area contributed by atoms with Gasteiger partial charge >= 0.3 is 6.85 Å². The molecule has 10 aromatic rings. The molecule has 0 saturated carbocycles. The molecule has 9 aromatic carbocycles. The van der Waals surface area contributed by atoms with Gasteiger partial charge in [-0.05, 0) is 110 Å². The molecule has 2 aliphatic heterocycles. The van der Waals surface area contributed by atoms with Crippen LogP contribution >= 0.6 is 0 Å². The fraction of sp³-hybridized carbons (Fsp3) is 0. The Labute approximate surface area is 343 Å². The standard InChI is InChI=1S/C55H34BN3/c57-35-36-27-29-39(30-28-36)47-34-51-54-53(52(47)40-19-8-3-9-20-40)46-23-14-22-45-44-21-10-12-25-49(44)59(55(45)46)56(54)48-24-11-13-26-50(48)58(51)43-32-41(37-15-4-1-5-16-37)31-42(33-43)38-17-6-2-7-18-38/h1-34H. The fourth-order valence-corrected chi connectivity index (χ4v) is 9.89. The molecule has 0 amide bonds. The van der Waals surface area contributed by atoms with E-state index in [9.17, 15) is 5.26 Å². The maximum absolute atomic E-state index is 9.85. The molecule has 3 nitrogen and oxygen atoms in total. The zero-order valence-electron chi connectivity index (χ0n) is 32.0. The number of rotatable bonds is 5. The van der Waals surface area contributed by atoms with Crippen molar-refractivity contribution in [3.8, 4) is 61.7 Å². The average molecular weight is 748 g/mol. The van der Waals surface area contributed by atoms with E-state index >= 15 is 0 Å². The molecule has 0 unspecified atom stereocenters. The molecule has 1 aromatic heterocycles. The van der Waals surface area contributed by atoms with Crippen LogP contribution in [0, 0.1) is 11.3 Å². The second kappa shape index (κ2) is 13.1. The van der Waals surface area contributed by atoms with E-state index in [1.807, 2.05) is 12.1 Å². The normalized spacial score (nSPS) is 12.3. The molecule has 0 aliphatic carbocycles. The summed E-state index contributed by atoms with van der Waals surface area (Å²) in [6.07, 6.45) is 0. The van der Waals surface area contributed by atoms with Crippen LogP contribution in [0.15, 0.2) is 206 Å². The number of nitrogens with zero attached hydrogens (tertiary/aromatic N) is 3. The molecular weight excluding hydrogens is 713 g/mol. The molecule has 2 aliphatic rings. The molecule has 3 heterocycles. The van der Waals surface area contributed by atoms with E-state index in [2.05, 4.69) is 210 Å². The first kappa shape index (κ1) is 33.3. The SMILES string of the molecule is N#Cc1ccc(-c2cc3c4c(c2-c2ccccc2)-c2cccc5c6ccccc6n(c25)B4c2ccccc2N3c2cc(-c3ccccc3)cc(-c3ccccc3)c2)cc1. The Morgan fingerprint density at radius 2 is 1.03 bits per heavy atom. The van der Waals surface area contributed by atoms with E-state index in [4.69, 9.17) is 0 Å². The second-order valence-corrected chi connectivity index (χ2v) is 15.5. The van der Waals surface area contributed by atoms with E-state index in [1.54, 1.807) is 0 Å². The molecule has 0 spiro atoms. The van der Waals surface area contributed by atoms with Crippen molar-refractivity contribution >= 4 is 56.6 Å². The number of nitriles is 1. The molecule has 0 atom stereocenters. The first-order chi connectivity index (χ1) is 29.2. The Balaban J connectivity index is 1.26. The lowest BCUT2D eigenvalue weighted by Crippen LogP contribution is -2.56. The summed E-state index contributed by atoms with van der Waals surface area (Å²) < 4.78 is 2.62. The summed E-state index contributed by atoms with van der Waals surface area (Å²) in [5.74, 6) is 0. The first-order valence-corrected chi connectivity index (χ1v) is 20.2. The molecule has 272 valence electrons. The smallest absolute Gasteiger partial charge is 0.333 e. The molecule has 0 bridgehead atoms. The minimum absolute atomic E-state index is 0.0897. The summed E-state index contributed by atoms with van der Waals surface area (Å²) in [7, 11) is 0. The van der Waals surface area contributed by atoms with Crippen LogP contribution in [0.1, 0.15) is 5.56 Å². The van der Waals surface area contributed by atoms with Crippen molar-refractivity contribution < 1.29 is 0 Å². The summed E-state index contributed by atoms with van der Waals surface area (Å²) >= 11 is 0. The van der Waals surface area contributed by atoms with Gasteiger partial charge in [0.2, 0.25) is 0 Å². The molecule has 0 saturated heterocycles. The second-order valence-electron chi connectivity index (χ2n) is 15.5. The van der Waals surface area contributed by atoms with E-state index in [-0.39, 0.29) is 6.85 Å². The zero-order chi connectivity index (χ0) is 39.0. The summed E-state index contributed by atoms with van der Waals surface area (Å²) in [6, 6.07) is 77.0. The van der Waals surface area contributed by atoms with Crippen molar-refractivity contribution in [3.63, 3.8) is 0 Å². The number of anilines is 3. The lowest BCUT2D eigenvalue weighted by molar-refractivity contribution is 1.25. The summed E-state index contributed by atoms with van der Waals surface area (Å²) in [4.78, 5) is 2.52. The maximum atomic E-state index is 9.85. The minimum Gasteiger partial charge on any atom is -0.375 e. The largest absolute Gasteiger partial charge is 0.375 e. The predicted molar refractivity (Wildman–Crippen MR) is 246 cm³/mol. The molecule has 0 fully saturated rings. The highest BCUT2D eigenvalue weighted by molar-refractivity contribution is 6.90. The van der Waals surface area contributed by atoms with E-state index in [0.717, 1.165) is 44.9 Å². The van der Waals surface area contributed by atoms with Gasteiger partial charge < -0.3 is 9.38 Å². The van der Waals surface area contributed by atoms with Gasteiger partial charge in [-0.25, -0.2) is 0 Å². The van der Waals surface area contributed by atoms with E-state index in [0.29, 0.717) is 5.56 Å². The van der Waals surface area contributed by atoms with Gasteiger partial charge in [0.25, 0.3) is 0 Å². The molecule has 59 heavy (non-hydrogen) atoms. The van der Waals surface area contributed by atoms with Crippen LogP contribution in [-0.2, 0) is 0 Å². The van der Waals surface area contributed by atoms with Crippen LogP contribution in [0.25, 0.3) is 77.4 Å². The molecule has 4 heteroatoms. The van der Waals surface area contributed by atoms with Gasteiger partial charge in [-0.2, -0.15) is 5.26 Å². The summed E-state index contributed by atoms with van der Waals surface area (Å²) in [5.41, 5.74) is 20.8. The number of benzene rings is 9. The van der Waals surface area contributed by atoms with Crippen molar-refractivity contribution in [2.24, 2.45) is 0 Å². The molecular formula is C55H34BN3. The van der Waals surface area contributed by atoms with Crippen molar-refractivity contribution in [3.05, 3.63) is 212 Å². The first-order valence-electron chi connectivity index (χ1n) is 20.2. The third kappa shape index (κ3) is 5.02. The van der Waals surface area contributed by atoms with Gasteiger partial charge in [-0.3, -0.25) is 0 Å². The Bertz CT molecular complexity index is 3270. The molecule has 0 radical (unpaired) electrons. The number of hydrogen-bond donors (Lipinski definition) is 0. The number of aromatic nitrogens is 1. The Hall–Kier alpha value is -7.87. The summed E-state index contributed by atoms with van der Waals surface area (Å²) in [6.45, 7) is -0.0897. The van der Waals surface area contributed by atoms with Crippen molar-refractivity contribution in [2.45, 2.75) is 0 Å². The van der Waals surface area contributed by atoms with Crippen LogP contribution in [0.5, 0.6) is 0 Å². The van der Waals surface area contributed by atoms with Crippen LogP contribution in [0.3, 0.4) is 0 Å². The maximum Gasteiger partial charge on any atom is 0.333 e. The lowest BCUT2D eigenvalue weighted by Gasteiger charge is -2.42. The number of hydrogen-bond acceptors (Lipinski definition) is 2. The highest BCUT2D eigenvalue weighted by atomic mass is 15.2. The van der Waals surface area contributed by atoms with Gasteiger partial charge in [-0.15, -0.1) is 0 Å². The summed E-state index contributed by atoms with van der Waals surface area (Å²) in [5, 5.41) is 12.4. The lowest BCUT2D eigenvalue weighted by atomic mass is 9.44. The zero-order valence-corrected chi connectivity index (χ0v) is 32.0. The van der Waals surface area contributed by atoms with Gasteiger partial charge in [-0.1, -0.05) is 158 Å². The van der Waals surface area contributed by atoms with Gasteiger partial charge in [0.15, 0.2) is 0 Å². The van der Waals surface area contributed by atoms with E-state index < -0.39 is 0 Å². The highest BCUT2D eigenvalue weighted by Gasteiger charge is 2.44. The van der Waals surface area contributed by atoms with Gasteiger partial charge in [0.05, 0.1) is 11.6 Å². The average Bonchev–Trinajstić information content (AvgIpc) is 3.65. The van der Waals surface area contributed by atoms with Crippen molar-refractivity contribution in [2.75, 3.05) is 4.90 Å². The van der Waals surface area contributed by atoms with Crippen LogP contribution in [0.2, 0.25) is 0 Å². The minimum atomic E-state index is -0.0897. The predicted octanol–water partition coefficient (Wildman–Crippen LogP) is 12.8. The Morgan fingerprint density at radius 1 is 0.424 bits per heavy atom. The third-order valence-electron chi connectivity index (χ3n) is 12.4. The number of para-hydroxylation sites is 3. The van der Waals surface area contributed by atoms with Crippen molar-refractivity contribution in [1.82, 2.24) is 4.48 Å². The highest BCUT2D eigenvalue weighted by Crippen LogP contribution is 2.51. The van der Waals surface area contributed by atoms with Gasteiger partial charge in [0.1, 0.15) is 0 Å². The Kier molecular flexibility index (Phi) is 7.39. The van der Waals surface area contributed by atoms with Crippen LogP contribution < -0.4 is 15.8 Å². The van der Waals surface area contributed by atoms with Crippen LogP contribution in [-0.4, -0.2) is 11.3 Å². The third-order valence-corrected chi connectivity index (χ3v) is 12.4. The van der Waals surface area contributed by atoms with Crippen molar-refractivity contribution in [1.29, 1.82) is 5.26 Å². The fourth-order valence-electron chi connectivity index (χ4n) is 9.89. The van der Waals surface area contributed by atoms with Crippen LogP contribution in [0.4, 0.5) is 17.1 Å². The molecule has 12 rings (SSSR count). The quantitative estimate of drug-likeness (QED) is 0.164. The Morgan fingerprint density at radius 3 is 1.73 bits per heavy atom.